The van der Waals surface area contributed by atoms with Gasteiger partial charge in [0.05, 0.1) is 16.7 Å². The van der Waals surface area contributed by atoms with Gasteiger partial charge in [-0.1, -0.05) is 146 Å². The molecular formula is C60H38N2OS. The summed E-state index contributed by atoms with van der Waals surface area (Å²) in [6.45, 7) is 0. The Morgan fingerprint density at radius 3 is 1.86 bits per heavy atom. The average molecular weight is 835 g/mol. The molecule has 0 unspecified atom stereocenters. The molecule has 300 valence electrons. The van der Waals surface area contributed by atoms with Gasteiger partial charge in [-0.25, -0.2) is 0 Å². The van der Waals surface area contributed by atoms with E-state index in [9.17, 15) is 0 Å². The van der Waals surface area contributed by atoms with Crippen LogP contribution in [0.15, 0.2) is 235 Å². The summed E-state index contributed by atoms with van der Waals surface area (Å²) in [4.78, 5) is 2.40. The Labute approximate surface area is 373 Å². The lowest BCUT2D eigenvalue weighted by atomic mass is 9.99. The topological polar surface area (TPSA) is 21.3 Å². The maximum atomic E-state index is 6.44. The zero-order chi connectivity index (χ0) is 42.1. The number of rotatable bonds is 7. The first-order valence-corrected chi connectivity index (χ1v) is 22.6. The van der Waals surface area contributed by atoms with Gasteiger partial charge in [-0.05, 0) is 113 Å². The third kappa shape index (κ3) is 5.88. The van der Waals surface area contributed by atoms with Crippen LogP contribution in [-0.4, -0.2) is 4.57 Å². The lowest BCUT2D eigenvalue weighted by Gasteiger charge is -2.26. The number of aromatic nitrogens is 1. The number of furan rings is 1. The van der Waals surface area contributed by atoms with Crippen molar-refractivity contribution >= 4 is 92.3 Å². The van der Waals surface area contributed by atoms with Gasteiger partial charge < -0.3 is 13.9 Å². The van der Waals surface area contributed by atoms with Crippen molar-refractivity contribution in [1.29, 1.82) is 0 Å². The molecule has 4 heteroatoms. The van der Waals surface area contributed by atoms with Gasteiger partial charge in [0.1, 0.15) is 11.2 Å². The predicted molar refractivity (Wildman–Crippen MR) is 272 cm³/mol. The fourth-order valence-electron chi connectivity index (χ4n) is 9.83. The number of para-hydroxylation sites is 4. The van der Waals surface area contributed by atoms with E-state index in [1.165, 1.54) is 64.2 Å². The average Bonchev–Trinajstić information content (AvgIpc) is 4.04. The fraction of sp³-hybridized carbons (Fsp3) is 0. The second kappa shape index (κ2) is 14.7. The normalized spacial score (nSPS) is 11.8. The third-order valence-electron chi connectivity index (χ3n) is 12.8. The number of hydrogen-bond donors (Lipinski definition) is 0. The summed E-state index contributed by atoms with van der Waals surface area (Å²) in [7, 11) is 0. The van der Waals surface area contributed by atoms with Crippen molar-refractivity contribution < 1.29 is 4.42 Å². The van der Waals surface area contributed by atoms with E-state index in [1.54, 1.807) is 0 Å². The number of anilines is 3. The van der Waals surface area contributed by atoms with Crippen molar-refractivity contribution in [2.24, 2.45) is 0 Å². The van der Waals surface area contributed by atoms with E-state index in [2.05, 4.69) is 228 Å². The van der Waals surface area contributed by atoms with Gasteiger partial charge in [0.25, 0.3) is 0 Å². The van der Waals surface area contributed by atoms with Crippen LogP contribution in [0.1, 0.15) is 0 Å². The molecule has 0 atom stereocenters. The van der Waals surface area contributed by atoms with Crippen molar-refractivity contribution in [3.63, 3.8) is 0 Å². The van der Waals surface area contributed by atoms with Crippen molar-refractivity contribution in [3.05, 3.63) is 231 Å². The van der Waals surface area contributed by atoms with Crippen molar-refractivity contribution in [1.82, 2.24) is 4.57 Å². The van der Waals surface area contributed by atoms with E-state index >= 15 is 0 Å². The van der Waals surface area contributed by atoms with Crippen LogP contribution in [0.4, 0.5) is 17.1 Å². The first kappa shape index (κ1) is 36.5. The Hall–Kier alpha value is -8.18. The van der Waals surface area contributed by atoms with E-state index in [0.717, 1.165) is 55.8 Å². The van der Waals surface area contributed by atoms with E-state index < -0.39 is 0 Å². The molecule has 10 aromatic carbocycles. The lowest BCUT2D eigenvalue weighted by Crippen LogP contribution is -2.10. The Balaban J connectivity index is 0.930. The summed E-state index contributed by atoms with van der Waals surface area (Å²) in [6, 6.07) is 83.4. The van der Waals surface area contributed by atoms with Crippen LogP contribution in [0.2, 0.25) is 0 Å². The van der Waals surface area contributed by atoms with E-state index in [1.807, 2.05) is 23.5 Å². The maximum absolute atomic E-state index is 6.44. The Bertz CT molecular complexity index is 3900. The van der Waals surface area contributed by atoms with Gasteiger partial charge >= 0.3 is 0 Å². The Morgan fingerprint density at radius 1 is 0.375 bits per heavy atom. The van der Waals surface area contributed by atoms with E-state index in [0.29, 0.717) is 0 Å². The number of benzene rings is 10. The largest absolute Gasteiger partial charge is 0.455 e. The summed E-state index contributed by atoms with van der Waals surface area (Å²) < 4.78 is 11.4. The third-order valence-corrected chi connectivity index (χ3v) is 13.9. The van der Waals surface area contributed by atoms with Gasteiger partial charge in [-0.15, -0.1) is 11.3 Å². The Morgan fingerprint density at radius 2 is 1.00 bits per heavy atom. The molecule has 3 heterocycles. The maximum Gasteiger partial charge on any atom is 0.143 e. The number of hydrogen-bond acceptors (Lipinski definition) is 3. The SMILES string of the molecule is c1ccc(-c2cccc(-n3c4ccccc4c4cc(-c5ccc6sc7cccc(N(c8ccccc8)c8ccc(-c9cccc%10c9oc9ccccc9%10)cc8)c7c6c5)ccc43)c2)cc1. The van der Waals surface area contributed by atoms with Crippen molar-refractivity contribution in [3.8, 4) is 39.1 Å². The molecule has 0 aliphatic rings. The molecule has 0 amide bonds. The molecule has 0 N–H and O–H groups in total. The minimum atomic E-state index is 0.907. The van der Waals surface area contributed by atoms with Crippen LogP contribution in [0, 0.1) is 0 Å². The monoisotopic (exact) mass is 834 g/mol. The minimum Gasteiger partial charge on any atom is -0.455 e. The Kier molecular flexibility index (Phi) is 8.40. The molecule has 13 rings (SSSR count). The van der Waals surface area contributed by atoms with Crippen LogP contribution >= 0.6 is 11.3 Å². The summed E-state index contributed by atoms with van der Waals surface area (Å²) >= 11 is 1.85. The van der Waals surface area contributed by atoms with E-state index in [-0.39, 0.29) is 0 Å². The zero-order valence-corrected chi connectivity index (χ0v) is 35.5. The highest BCUT2D eigenvalue weighted by Gasteiger charge is 2.21. The lowest BCUT2D eigenvalue weighted by molar-refractivity contribution is 0.670. The first-order chi connectivity index (χ1) is 31.7. The molecule has 3 nitrogen and oxygen atoms in total. The molecule has 0 saturated carbocycles. The van der Waals surface area contributed by atoms with E-state index in [4.69, 9.17) is 4.42 Å². The standard InChI is InChI=1S/C60H38N2OS/c1-3-14-39(15-4-1)41-16-11-19-46(36-41)62-53-24-9-7-20-48(53)51-37-42(30-34-54(51)62)43-31-35-57-52(38-43)59-55(25-13-27-58(59)64-57)61(44-17-5-2-6-18-44)45-32-28-40(29-33-45)47-22-12-23-50-49-21-8-10-26-56(49)63-60(47)50/h1-38H. The van der Waals surface area contributed by atoms with Gasteiger partial charge in [0.15, 0.2) is 0 Å². The highest BCUT2D eigenvalue weighted by Crippen LogP contribution is 2.47. The van der Waals surface area contributed by atoms with Crippen LogP contribution < -0.4 is 4.90 Å². The molecule has 0 saturated heterocycles. The highest BCUT2D eigenvalue weighted by atomic mass is 32.1. The number of thiophene rings is 1. The van der Waals surface area contributed by atoms with Gasteiger partial charge in [0, 0.05) is 64.3 Å². The van der Waals surface area contributed by atoms with Crippen molar-refractivity contribution in [2.75, 3.05) is 4.90 Å². The predicted octanol–water partition coefficient (Wildman–Crippen LogP) is 17.5. The van der Waals surface area contributed by atoms with Gasteiger partial charge in [0.2, 0.25) is 0 Å². The van der Waals surface area contributed by atoms with Crippen LogP contribution in [0.3, 0.4) is 0 Å². The molecule has 0 bridgehead atoms. The van der Waals surface area contributed by atoms with Crippen molar-refractivity contribution in [2.45, 2.75) is 0 Å². The smallest absolute Gasteiger partial charge is 0.143 e. The summed E-state index contributed by atoms with van der Waals surface area (Å²) in [5, 5.41) is 7.26. The highest BCUT2D eigenvalue weighted by molar-refractivity contribution is 7.26. The molecular weight excluding hydrogens is 797 g/mol. The second-order valence-electron chi connectivity index (χ2n) is 16.5. The quantitative estimate of drug-likeness (QED) is 0.159. The second-order valence-corrected chi connectivity index (χ2v) is 17.5. The molecule has 0 aliphatic heterocycles. The van der Waals surface area contributed by atoms with Crippen LogP contribution in [-0.2, 0) is 0 Å². The molecule has 0 radical (unpaired) electrons. The molecule has 64 heavy (non-hydrogen) atoms. The summed E-state index contributed by atoms with van der Waals surface area (Å²) in [6.07, 6.45) is 0. The summed E-state index contributed by atoms with van der Waals surface area (Å²) in [5.74, 6) is 0. The molecule has 13 aromatic rings. The van der Waals surface area contributed by atoms with Crippen LogP contribution in [0.5, 0.6) is 0 Å². The molecule has 0 aliphatic carbocycles. The summed E-state index contributed by atoms with van der Waals surface area (Å²) in [5.41, 5.74) is 15.7. The van der Waals surface area contributed by atoms with Gasteiger partial charge in [-0.3, -0.25) is 0 Å². The van der Waals surface area contributed by atoms with Gasteiger partial charge in [-0.2, -0.15) is 0 Å². The fourth-order valence-corrected chi connectivity index (χ4v) is 10.9. The zero-order valence-electron chi connectivity index (χ0n) is 34.7. The number of nitrogens with zero attached hydrogens (tertiary/aromatic N) is 2. The minimum absolute atomic E-state index is 0.907. The first-order valence-electron chi connectivity index (χ1n) is 21.7. The van der Waals surface area contributed by atoms with Crippen LogP contribution in [0.25, 0.3) is 103 Å². The molecule has 3 aromatic heterocycles. The molecule has 0 fully saturated rings. The molecule has 0 spiro atoms. The number of fused-ring (bicyclic) bond motifs is 9.